The van der Waals surface area contributed by atoms with Crippen molar-refractivity contribution in [3.05, 3.63) is 26.6 Å². The molecule has 1 aliphatic rings. The van der Waals surface area contributed by atoms with Crippen molar-refractivity contribution >= 4 is 55.9 Å². The normalized spacial score (nSPS) is 21.6. The third-order valence-corrected chi connectivity index (χ3v) is 4.95. The van der Waals surface area contributed by atoms with E-state index in [0.29, 0.717) is 12.6 Å². The van der Waals surface area contributed by atoms with Crippen LogP contribution < -0.4 is 11.1 Å². The van der Waals surface area contributed by atoms with Gasteiger partial charge in [0.05, 0.1) is 11.6 Å². The van der Waals surface area contributed by atoms with Gasteiger partial charge in [-0.2, -0.15) is 0 Å². The van der Waals surface area contributed by atoms with E-state index in [0.717, 1.165) is 45.9 Å². The molecule has 0 bridgehead atoms. The number of nitrogens with two attached hydrogens (primary N) is 1. The van der Waals surface area contributed by atoms with Crippen LogP contribution in [0.3, 0.4) is 0 Å². The number of hydrogen-bond donors (Lipinski definition) is 3. The van der Waals surface area contributed by atoms with E-state index < -0.39 is 5.97 Å². The maximum atomic E-state index is 10.9. The summed E-state index contributed by atoms with van der Waals surface area (Å²) >= 11 is 6.90. The van der Waals surface area contributed by atoms with Crippen LogP contribution in [0.25, 0.3) is 0 Å². The lowest BCUT2D eigenvalue weighted by molar-refractivity contribution is -0.142. The number of rotatable bonds is 4. The zero-order chi connectivity index (χ0) is 14.7. The molecule has 118 valence electrons. The second-order valence-electron chi connectivity index (χ2n) is 5.23. The zero-order valence-electron chi connectivity index (χ0n) is 11.4. The van der Waals surface area contributed by atoms with Gasteiger partial charge in [-0.3, -0.25) is 4.79 Å². The first kappa shape index (κ1) is 18.7. The predicted molar refractivity (Wildman–Crippen MR) is 93.7 cm³/mol. The minimum Gasteiger partial charge on any atom is -0.481 e. The van der Waals surface area contributed by atoms with Crippen LogP contribution >= 0.6 is 44.3 Å². The first-order valence-electron chi connectivity index (χ1n) is 6.67. The van der Waals surface area contributed by atoms with Crippen molar-refractivity contribution in [1.82, 2.24) is 5.32 Å². The Labute approximate surface area is 147 Å². The van der Waals surface area contributed by atoms with E-state index >= 15 is 0 Å². The number of aliphatic carboxylic acids is 1. The minimum absolute atomic E-state index is 0. The van der Waals surface area contributed by atoms with Gasteiger partial charge < -0.3 is 16.2 Å². The summed E-state index contributed by atoms with van der Waals surface area (Å²) in [6, 6.07) is 4.31. The first-order chi connectivity index (χ1) is 9.47. The smallest absolute Gasteiger partial charge is 0.306 e. The van der Waals surface area contributed by atoms with Crippen molar-refractivity contribution in [1.29, 1.82) is 0 Å². The molecule has 21 heavy (non-hydrogen) atoms. The van der Waals surface area contributed by atoms with Gasteiger partial charge in [0.1, 0.15) is 0 Å². The molecule has 0 aromatic heterocycles. The van der Waals surface area contributed by atoms with Crippen LogP contribution in [-0.2, 0) is 11.3 Å². The highest BCUT2D eigenvalue weighted by molar-refractivity contribution is 9.11. The van der Waals surface area contributed by atoms with Crippen molar-refractivity contribution in [2.75, 3.05) is 5.73 Å². The quantitative estimate of drug-likeness (QED) is 0.618. The molecule has 0 unspecified atom stereocenters. The van der Waals surface area contributed by atoms with Crippen LogP contribution in [0, 0.1) is 5.92 Å². The Bertz CT molecular complexity index is 506. The number of carboxylic acids is 1. The molecule has 7 heteroatoms. The highest BCUT2D eigenvalue weighted by Crippen LogP contribution is 2.29. The molecule has 4 nitrogen and oxygen atoms in total. The van der Waals surface area contributed by atoms with Crippen LogP contribution in [0.2, 0.25) is 0 Å². The van der Waals surface area contributed by atoms with Gasteiger partial charge in [-0.25, -0.2) is 0 Å². The van der Waals surface area contributed by atoms with E-state index in [4.69, 9.17) is 10.8 Å². The Balaban J connectivity index is 0.00000220. The summed E-state index contributed by atoms with van der Waals surface area (Å²) in [5.41, 5.74) is 7.84. The van der Waals surface area contributed by atoms with Gasteiger partial charge in [-0.15, -0.1) is 12.4 Å². The fourth-order valence-corrected chi connectivity index (χ4v) is 3.90. The molecule has 1 aliphatic carbocycles. The van der Waals surface area contributed by atoms with E-state index in [2.05, 4.69) is 37.2 Å². The third kappa shape index (κ3) is 5.13. The molecule has 2 rings (SSSR count). The summed E-state index contributed by atoms with van der Waals surface area (Å²) in [7, 11) is 0. The van der Waals surface area contributed by atoms with Crippen LogP contribution in [-0.4, -0.2) is 17.1 Å². The number of nitrogens with one attached hydrogen (secondary N) is 1. The van der Waals surface area contributed by atoms with E-state index in [1.165, 1.54) is 0 Å². The molecule has 1 aromatic carbocycles. The van der Waals surface area contributed by atoms with Crippen LogP contribution in [0.4, 0.5) is 5.69 Å². The van der Waals surface area contributed by atoms with Crippen LogP contribution in [0.15, 0.2) is 21.1 Å². The van der Waals surface area contributed by atoms with Gasteiger partial charge in [-0.1, -0.05) is 15.9 Å². The molecule has 0 aliphatic heterocycles. The average Bonchev–Trinajstić information content (AvgIpc) is 2.41. The summed E-state index contributed by atoms with van der Waals surface area (Å²) in [6.45, 7) is 0.701. The molecule has 1 fully saturated rings. The fraction of sp³-hybridized carbons (Fsp3) is 0.500. The lowest BCUT2D eigenvalue weighted by Gasteiger charge is -2.27. The van der Waals surface area contributed by atoms with Gasteiger partial charge in [0.15, 0.2) is 0 Å². The maximum Gasteiger partial charge on any atom is 0.306 e. The highest BCUT2D eigenvalue weighted by Gasteiger charge is 2.25. The third-order valence-electron chi connectivity index (χ3n) is 3.84. The van der Waals surface area contributed by atoms with Crippen molar-refractivity contribution in [2.24, 2.45) is 5.92 Å². The minimum atomic E-state index is -0.663. The van der Waals surface area contributed by atoms with Crippen molar-refractivity contribution in [3.63, 3.8) is 0 Å². The van der Waals surface area contributed by atoms with Gasteiger partial charge in [-0.05, 0) is 59.3 Å². The molecule has 0 atom stereocenters. The number of benzene rings is 1. The molecule has 4 N–H and O–H groups in total. The van der Waals surface area contributed by atoms with Crippen LogP contribution in [0.1, 0.15) is 31.2 Å². The Morgan fingerprint density at radius 2 is 1.90 bits per heavy atom. The molecular formula is C14H19Br2ClN2O2. The standard InChI is InChI=1S/C14H18Br2N2O2.ClH/c15-10-5-9(13(17)12(16)6-10)7-18-11-3-1-8(2-4-11)14(19)20;/h5-6,8,11,18H,1-4,7,17H2,(H,19,20);1H/t8-,11-;. The molecule has 1 saturated carbocycles. The van der Waals surface area contributed by atoms with E-state index in [1.54, 1.807) is 0 Å². The summed E-state index contributed by atoms with van der Waals surface area (Å²) in [4.78, 5) is 10.9. The first-order valence-corrected chi connectivity index (χ1v) is 8.25. The topological polar surface area (TPSA) is 75.3 Å². The summed E-state index contributed by atoms with van der Waals surface area (Å²) in [5.74, 6) is -0.832. The summed E-state index contributed by atoms with van der Waals surface area (Å²) in [6.07, 6.45) is 3.33. The lowest BCUT2D eigenvalue weighted by Crippen LogP contribution is -2.34. The number of carboxylic acid groups (broad SMARTS) is 1. The summed E-state index contributed by atoms with van der Waals surface area (Å²) < 4.78 is 1.88. The predicted octanol–water partition coefficient (Wildman–Crippen LogP) is 3.95. The Hall–Kier alpha value is -0.300. The number of hydrogen-bond acceptors (Lipinski definition) is 3. The monoisotopic (exact) mass is 440 g/mol. The fourth-order valence-electron chi connectivity index (χ4n) is 2.58. The number of nitrogen functional groups attached to an aromatic ring is 1. The number of anilines is 1. The summed E-state index contributed by atoms with van der Waals surface area (Å²) in [5, 5.41) is 12.5. The van der Waals surface area contributed by atoms with Gasteiger partial charge in [0.2, 0.25) is 0 Å². The maximum absolute atomic E-state index is 10.9. The molecule has 0 heterocycles. The lowest BCUT2D eigenvalue weighted by atomic mass is 9.86. The SMILES string of the molecule is Cl.Nc1c(Br)cc(Br)cc1CN[C@H]1CC[C@H](C(=O)O)CC1. The van der Waals surface area contributed by atoms with E-state index in [9.17, 15) is 4.79 Å². The van der Waals surface area contributed by atoms with E-state index in [1.807, 2.05) is 12.1 Å². The van der Waals surface area contributed by atoms with Crippen molar-refractivity contribution in [3.8, 4) is 0 Å². The highest BCUT2D eigenvalue weighted by atomic mass is 79.9. The number of carbonyl (C=O) groups is 1. The molecule has 0 spiro atoms. The Morgan fingerprint density at radius 3 is 2.48 bits per heavy atom. The number of halogens is 3. The second kappa shape index (κ2) is 8.36. The van der Waals surface area contributed by atoms with Crippen molar-refractivity contribution < 1.29 is 9.90 Å². The molecule has 0 radical (unpaired) electrons. The van der Waals surface area contributed by atoms with Gasteiger partial charge in [0, 0.05) is 21.5 Å². The van der Waals surface area contributed by atoms with Gasteiger partial charge in [0.25, 0.3) is 0 Å². The molecular weight excluding hydrogens is 423 g/mol. The average molecular weight is 443 g/mol. The van der Waals surface area contributed by atoms with Crippen LogP contribution in [0.5, 0.6) is 0 Å². The zero-order valence-corrected chi connectivity index (χ0v) is 15.4. The molecule has 1 aromatic rings. The molecule has 0 saturated heterocycles. The Kier molecular flexibility index (Phi) is 7.47. The second-order valence-corrected chi connectivity index (χ2v) is 7.00. The van der Waals surface area contributed by atoms with E-state index in [-0.39, 0.29) is 18.3 Å². The largest absolute Gasteiger partial charge is 0.481 e. The van der Waals surface area contributed by atoms with Crippen molar-refractivity contribution in [2.45, 2.75) is 38.3 Å². The Morgan fingerprint density at radius 1 is 1.29 bits per heavy atom. The van der Waals surface area contributed by atoms with Gasteiger partial charge >= 0.3 is 5.97 Å². The molecule has 0 amide bonds.